The Bertz CT molecular complexity index is 818. The average Bonchev–Trinajstić information content (AvgIpc) is 3.44. The predicted octanol–water partition coefficient (Wildman–Crippen LogP) is 7.76. The highest BCUT2D eigenvalue weighted by Gasteiger charge is 2.15. The summed E-state index contributed by atoms with van der Waals surface area (Å²) in [6.07, 6.45) is 3.53. The zero-order chi connectivity index (χ0) is 18.1. The summed E-state index contributed by atoms with van der Waals surface area (Å²) in [6, 6.07) is 23.0. The Balaban J connectivity index is 0.000000136. The minimum Gasteiger partial charge on any atom is -0.450 e. The van der Waals surface area contributed by atoms with Crippen molar-refractivity contribution in [1.82, 2.24) is 0 Å². The summed E-state index contributed by atoms with van der Waals surface area (Å²) in [5.74, 6) is 2.06. The lowest BCUT2D eigenvalue weighted by molar-refractivity contribution is 0.650. The average molecular weight is 369 g/mol. The lowest BCUT2D eigenvalue weighted by Crippen LogP contribution is -1.69. The van der Waals surface area contributed by atoms with Crippen molar-refractivity contribution in [3.8, 4) is 11.5 Å². The third-order valence-electron chi connectivity index (χ3n) is 3.26. The van der Waals surface area contributed by atoms with Crippen LogP contribution in [0, 0.1) is 0 Å². The smallest absolute Gasteiger partial charge is 0.170 e. The van der Waals surface area contributed by atoms with Gasteiger partial charge in [0.05, 0.1) is 0 Å². The summed E-state index contributed by atoms with van der Waals surface area (Å²) in [4.78, 5) is 0. The van der Waals surface area contributed by atoms with Crippen LogP contribution in [0.15, 0.2) is 86.0 Å². The van der Waals surface area contributed by atoms with Crippen LogP contribution in [0.5, 0.6) is 11.5 Å². The first-order chi connectivity index (χ1) is 12.1. The lowest BCUT2D eigenvalue weighted by atomic mass is 10.2. The maximum atomic E-state index is 5.75. The van der Waals surface area contributed by atoms with Gasteiger partial charge in [0.15, 0.2) is 11.5 Å². The number of ether oxygens (including phenoxy) is 1. The fraction of sp³-hybridized carbons (Fsp3) is 0. The van der Waals surface area contributed by atoms with Gasteiger partial charge in [0.2, 0.25) is 0 Å². The molecule has 0 unspecified atom stereocenters. The van der Waals surface area contributed by atoms with Gasteiger partial charge in [-0.05, 0) is 41.5 Å². The van der Waals surface area contributed by atoms with E-state index in [2.05, 4.69) is 13.2 Å². The molecular formula is C22H18Cl2O. The molecule has 0 aliphatic carbocycles. The minimum atomic E-state index is 0.757. The normalized spacial score (nSPS) is 9.84. The number of hydrogen-bond acceptors (Lipinski definition) is 1. The summed E-state index contributed by atoms with van der Waals surface area (Å²) in [5, 5.41) is 1.52. The van der Waals surface area contributed by atoms with Crippen LogP contribution in [-0.4, -0.2) is 0 Å². The molecule has 1 aliphatic heterocycles. The topological polar surface area (TPSA) is 12.5 Å². The van der Waals surface area contributed by atoms with Crippen LogP contribution in [0.25, 0.3) is 12.2 Å². The Labute approximate surface area is 158 Å². The molecule has 1 aliphatic rings. The number of para-hydroxylation sites is 2. The fourth-order valence-electron chi connectivity index (χ4n) is 1.85. The van der Waals surface area contributed by atoms with E-state index in [9.17, 15) is 0 Å². The summed E-state index contributed by atoms with van der Waals surface area (Å²) in [6.45, 7) is 7.22. The maximum absolute atomic E-state index is 5.75. The van der Waals surface area contributed by atoms with Crippen LogP contribution < -0.4 is 4.74 Å². The number of rotatable bonds is 2. The van der Waals surface area contributed by atoms with Gasteiger partial charge < -0.3 is 4.74 Å². The van der Waals surface area contributed by atoms with Crippen molar-refractivity contribution in [3.63, 3.8) is 0 Å². The number of benzene rings is 3. The van der Waals surface area contributed by atoms with Crippen molar-refractivity contribution in [1.29, 1.82) is 0 Å². The minimum absolute atomic E-state index is 0.757. The van der Waals surface area contributed by atoms with Crippen molar-refractivity contribution < 1.29 is 4.74 Å². The van der Waals surface area contributed by atoms with Gasteiger partial charge in [-0.25, -0.2) is 0 Å². The first-order valence-electron chi connectivity index (χ1n) is 7.66. The molecule has 0 saturated heterocycles. The van der Waals surface area contributed by atoms with E-state index in [4.69, 9.17) is 27.9 Å². The van der Waals surface area contributed by atoms with Crippen LogP contribution >= 0.6 is 23.2 Å². The highest BCUT2D eigenvalue weighted by atomic mass is 35.5. The molecule has 0 N–H and O–H groups in total. The fourth-order valence-corrected chi connectivity index (χ4v) is 2.19. The van der Waals surface area contributed by atoms with Gasteiger partial charge in [0, 0.05) is 10.0 Å². The Morgan fingerprint density at radius 3 is 1.68 bits per heavy atom. The quantitative estimate of drug-likeness (QED) is 0.329. The van der Waals surface area contributed by atoms with Crippen LogP contribution in [0.4, 0.5) is 0 Å². The van der Waals surface area contributed by atoms with Crippen molar-refractivity contribution in [2.24, 2.45) is 0 Å². The van der Waals surface area contributed by atoms with Crippen LogP contribution in [0.1, 0.15) is 11.1 Å². The Hall–Kier alpha value is -2.48. The van der Waals surface area contributed by atoms with Gasteiger partial charge in [0.1, 0.15) is 0 Å². The molecule has 3 heteroatoms. The van der Waals surface area contributed by atoms with Crippen LogP contribution in [0.2, 0.25) is 10.0 Å². The zero-order valence-corrected chi connectivity index (χ0v) is 15.2. The molecule has 0 fully saturated rings. The summed E-state index contributed by atoms with van der Waals surface area (Å²) in [7, 11) is 0. The van der Waals surface area contributed by atoms with E-state index in [1.807, 2.05) is 72.8 Å². The molecule has 0 bridgehead atoms. The van der Waals surface area contributed by atoms with E-state index in [1.165, 1.54) is 0 Å². The van der Waals surface area contributed by atoms with Gasteiger partial charge >= 0.3 is 0 Å². The Morgan fingerprint density at radius 2 is 1.24 bits per heavy atom. The molecule has 0 radical (unpaired) electrons. The highest BCUT2D eigenvalue weighted by molar-refractivity contribution is 6.32. The van der Waals surface area contributed by atoms with E-state index in [0.29, 0.717) is 0 Å². The molecule has 0 aromatic heterocycles. The molecule has 0 atom stereocenters. The third kappa shape index (κ3) is 6.50. The second-order valence-electron chi connectivity index (χ2n) is 5.03. The standard InChI is InChI=1S/2C8H7Cl.C6H4O/c1-2-7-3-5-8(9)6-4-7;1-2-7-5-3-4-6-8(7)9;1-2-4-6-5(3-1)7-6/h2*2-6H,1H2;1-4H. The van der Waals surface area contributed by atoms with Gasteiger partial charge in [-0.3, -0.25) is 0 Å². The second kappa shape index (κ2) is 9.73. The third-order valence-corrected chi connectivity index (χ3v) is 3.85. The predicted molar refractivity (Wildman–Crippen MR) is 110 cm³/mol. The van der Waals surface area contributed by atoms with E-state index in [-0.39, 0.29) is 0 Å². The molecular weight excluding hydrogens is 351 g/mol. The first-order valence-corrected chi connectivity index (χ1v) is 8.41. The molecule has 1 nitrogen and oxygen atoms in total. The monoisotopic (exact) mass is 368 g/mol. The van der Waals surface area contributed by atoms with Crippen molar-refractivity contribution in [3.05, 3.63) is 107 Å². The summed E-state index contributed by atoms with van der Waals surface area (Å²) < 4.78 is 4.94. The van der Waals surface area contributed by atoms with E-state index in [1.54, 1.807) is 12.2 Å². The van der Waals surface area contributed by atoms with Gasteiger partial charge in [-0.2, -0.15) is 0 Å². The maximum Gasteiger partial charge on any atom is 0.170 e. The molecule has 0 spiro atoms. The largest absolute Gasteiger partial charge is 0.450 e. The number of halogens is 2. The molecule has 4 rings (SSSR count). The molecule has 3 aromatic rings. The van der Waals surface area contributed by atoms with E-state index in [0.717, 1.165) is 32.7 Å². The molecule has 126 valence electrons. The molecule has 3 aromatic carbocycles. The first kappa shape index (κ1) is 18.9. The second-order valence-corrected chi connectivity index (χ2v) is 5.87. The van der Waals surface area contributed by atoms with Crippen LogP contribution in [0.3, 0.4) is 0 Å². The van der Waals surface area contributed by atoms with Crippen molar-refractivity contribution in [2.45, 2.75) is 0 Å². The molecule has 0 saturated carbocycles. The Morgan fingerprint density at radius 1 is 0.680 bits per heavy atom. The summed E-state index contributed by atoms with van der Waals surface area (Å²) in [5.41, 5.74) is 2.08. The van der Waals surface area contributed by atoms with Crippen LogP contribution in [-0.2, 0) is 0 Å². The van der Waals surface area contributed by atoms with Gasteiger partial charge in [-0.15, -0.1) is 0 Å². The van der Waals surface area contributed by atoms with Gasteiger partial charge in [0.25, 0.3) is 0 Å². The van der Waals surface area contributed by atoms with E-state index >= 15 is 0 Å². The summed E-state index contributed by atoms with van der Waals surface area (Å²) >= 11 is 11.4. The highest BCUT2D eigenvalue weighted by Crippen LogP contribution is 2.43. The molecule has 25 heavy (non-hydrogen) atoms. The molecule has 0 amide bonds. The zero-order valence-electron chi connectivity index (χ0n) is 13.7. The lowest BCUT2D eigenvalue weighted by Gasteiger charge is -1.92. The van der Waals surface area contributed by atoms with Gasteiger partial charge in [-0.1, -0.05) is 91.0 Å². The molecule has 1 heterocycles. The number of fused-ring (bicyclic) bond motifs is 1. The number of hydrogen-bond donors (Lipinski definition) is 0. The SMILES string of the molecule is C=Cc1ccc(Cl)cc1.C=Cc1ccccc1Cl.c1ccc2c(c1)O2. The van der Waals surface area contributed by atoms with Crippen molar-refractivity contribution in [2.75, 3.05) is 0 Å². The van der Waals surface area contributed by atoms with E-state index < -0.39 is 0 Å². The Kier molecular flexibility index (Phi) is 7.34. The van der Waals surface area contributed by atoms with Crippen molar-refractivity contribution >= 4 is 35.4 Å².